The molecule has 0 unspecified atom stereocenters. The molecule has 8 nitrogen and oxygen atoms in total. The number of hydrogen-bond donors (Lipinski definition) is 2. The van der Waals surface area contributed by atoms with Crippen molar-refractivity contribution in [2.24, 2.45) is 0 Å². The van der Waals surface area contributed by atoms with E-state index in [2.05, 4.69) is 20.8 Å². The number of hydrogen-bond acceptors (Lipinski definition) is 6. The number of amides is 2. The first-order valence-electron chi connectivity index (χ1n) is 10.5. The molecular formula is C25H24N4O4. The second kappa shape index (κ2) is 9.12. The van der Waals surface area contributed by atoms with Crippen LogP contribution in [0.25, 0.3) is 11.5 Å². The minimum Gasteiger partial charge on any atom is -0.459 e. The Balaban J connectivity index is 1.60. The van der Waals surface area contributed by atoms with Gasteiger partial charge in [0.2, 0.25) is 0 Å². The fourth-order valence-electron chi connectivity index (χ4n) is 3.27. The summed E-state index contributed by atoms with van der Waals surface area (Å²) in [6.07, 6.45) is 1.43. The summed E-state index contributed by atoms with van der Waals surface area (Å²) in [5, 5.41) is 9.77. The van der Waals surface area contributed by atoms with Crippen LogP contribution in [-0.2, 0) is 0 Å². The van der Waals surface area contributed by atoms with E-state index in [1.54, 1.807) is 30.3 Å². The molecule has 4 aromatic rings. The third-order valence-electron chi connectivity index (χ3n) is 5.19. The quantitative estimate of drug-likeness (QED) is 0.402. The highest BCUT2D eigenvalue weighted by molar-refractivity contribution is 6.08. The van der Waals surface area contributed by atoms with Crippen LogP contribution >= 0.6 is 0 Å². The van der Waals surface area contributed by atoms with E-state index in [0.717, 1.165) is 11.1 Å². The summed E-state index contributed by atoms with van der Waals surface area (Å²) in [6, 6.07) is 13.9. The maximum absolute atomic E-state index is 13.1. The Hall–Kier alpha value is -4.20. The van der Waals surface area contributed by atoms with Crippen molar-refractivity contribution < 1.29 is 18.5 Å². The molecule has 8 heteroatoms. The lowest BCUT2D eigenvalue weighted by molar-refractivity contribution is 0.0993. The molecule has 0 spiro atoms. The lowest BCUT2D eigenvalue weighted by Gasteiger charge is -2.13. The zero-order valence-corrected chi connectivity index (χ0v) is 18.8. The summed E-state index contributed by atoms with van der Waals surface area (Å²) in [5.74, 6) is 0.524. The van der Waals surface area contributed by atoms with E-state index in [9.17, 15) is 9.59 Å². The van der Waals surface area contributed by atoms with Crippen LogP contribution in [-0.4, -0.2) is 22.0 Å². The summed E-state index contributed by atoms with van der Waals surface area (Å²) in [6.45, 7) is 7.70. The summed E-state index contributed by atoms with van der Waals surface area (Å²) < 4.78 is 10.6. The topological polar surface area (TPSA) is 110 Å². The molecular weight excluding hydrogens is 420 g/mol. The van der Waals surface area contributed by atoms with Crippen LogP contribution in [0.4, 0.5) is 11.4 Å². The predicted molar refractivity (Wildman–Crippen MR) is 124 cm³/mol. The number of nitrogens with zero attached hydrogens (tertiary/aromatic N) is 2. The number of benzene rings is 2. The van der Waals surface area contributed by atoms with Gasteiger partial charge in [0.25, 0.3) is 17.7 Å². The van der Waals surface area contributed by atoms with E-state index >= 15 is 0 Å². The van der Waals surface area contributed by atoms with Crippen molar-refractivity contribution in [3.8, 4) is 11.5 Å². The van der Waals surface area contributed by atoms with Gasteiger partial charge in [0.15, 0.2) is 11.6 Å². The van der Waals surface area contributed by atoms with E-state index in [1.807, 2.05) is 45.9 Å². The summed E-state index contributed by atoms with van der Waals surface area (Å²) in [7, 11) is 0. The van der Waals surface area contributed by atoms with E-state index in [1.165, 1.54) is 6.26 Å². The van der Waals surface area contributed by atoms with Crippen molar-refractivity contribution in [3.05, 3.63) is 83.1 Å². The predicted octanol–water partition coefficient (Wildman–Crippen LogP) is 5.57. The molecule has 0 fully saturated rings. The fraction of sp³-hybridized carbons (Fsp3) is 0.200. The second-order valence-electron chi connectivity index (χ2n) is 8.03. The van der Waals surface area contributed by atoms with Crippen molar-refractivity contribution in [3.63, 3.8) is 0 Å². The van der Waals surface area contributed by atoms with Gasteiger partial charge in [-0.3, -0.25) is 9.59 Å². The van der Waals surface area contributed by atoms with Crippen molar-refractivity contribution in [1.82, 2.24) is 10.1 Å². The van der Waals surface area contributed by atoms with Crippen LogP contribution in [0.5, 0.6) is 0 Å². The smallest absolute Gasteiger partial charge is 0.291 e. The summed E-state index contributed by atoms with van der Waals surface area (Å²) >= 11 is 0. The van der Waals surface area contributed by atoms with Crippen molar-refractivity contribution in [2.45, 2.75) is 33.6 Å². The van der Waals surface area contributed by atoms with Gasteiger partial charge in [-0.2, -0.15) is 4.98 Å². The monoisotopic (exact) mass is 444 g/mol. The fourth-order valence-corrected chi connectivity index (χ4v) is 3.27. The zero-order valence-electron chi connectivity index (χ0n) is 18.8. The van der Waals surface area contributed by atoms with Gasteiger partial charge < -0.3 is 19.6 Å². The third kappa shape index (κ3) is 4.69. The number of carbonyl (C=O) groups excluding carboxylic acids is 2. The molecule has 4 rings (SSSR count). The van der Waals surface area contributed by atoms with Crippen LogP contribution in [0.1, 0.15) is 57.6 Å². The minimum atomic E-state index is -0.390. The SMILES string of the molecule is Cc1ccc(C(=O)Nc2c(C)cccc2-c2nc(C(C)C)no2)cc1NC(=O)c1ccco1. The normalized spacial score (nSPS) is 10.9. The number of rotatable bonds is 6. The summed E-state index contributed by atoms with van der Waals surface area (Å²) in [4.78, 5) is 30.0. The second-order valence-corrected chi connectivity index (χ2v) is 8.03. The Labute approximate surface area is 191 Å². The largest absolute Gasteiger partial charge is 0.459 e. The Kier molecular flexibility index (Phi) is 6.08. The van der Waals surface area contributed by atoms with Crippen molar-refractivity contribution in [2.75, 3.05) is 10.6 Å². The van der Waals surface area contributed by atoms with Gasteiger partial charge in [-0.25, -0.2) is 0 Å². The van der Waals surface area contributed by atoms with Gasteiger partial charge in [0, 0.05) is 17.2 Å². The first-order chi connectivity index (χ1) is 15.8. The molecule has 2 amide bonds. The number of anilines is 2. The Morgan fingerprint density at radius 2 is 1.76 bits per heavy atom. The van der Waals surface area contributed by atoms with E-state index in [-0.39, 0.29) is 23.5 Å². The molecule has 0 saturated carbocycles. The highest BCUT2D eigenvalue weighted by Gasteiger charge is 2.19. The Morgan fingerprint density at radius 1 is 0.939 bits per heavy atom. The summed E-state index contributed by atoms with van der Waals surface area (Å²) in [5.41, 5.74) is 3.80. The molecule has 2 N–H and O–H groups in total. The zero-order chi connectivity index (χ0) is 23.5. The van der Waals surface area contributed by atoms with Gasteiger partial charge in [0.05, 0.1) is 17.5 Å². The van der Waals surface area contributed by atoms with Crippen LogP contribution in [0.3, 0.4) is 0 Å². The molecule has 2 heterocycles. The number of furan rings is 1. The van der Waals surface area contributed by atoms with Crippen molar-refractivity contribution >= 4 is 23.2 Å². The molecule has 2 aromatic heterocycles. The number of aromatic nitrogens is 2. The first kappa shape index (κ1) is 22.0. The van der Waals surface area contributed by atoms with Crippen LogP contribution in [0, 0.1) is 13.8 Å². The van der Waals surface area contributed by atoms with Gasteiger partial charge in [0.1, 0.15) is 0 Å². The molecule has 2 aromatic carbocycles. The van der Waals surface area contributed by atoms with Gasteiger partial charge in [-0.1, -0.05) is 37.2 Å². The molecule has 0 saturated heterocycles. The van der Waals surface area contributed by atoms with Gasteiger partial charge >= 0.3 is 0 Å². The minimum absolute atomic E-state index is 0.118. The molecule has 0 atom stereocenters. The van der Waals surface area contributed by atoms with Gasteiger partial charge in [-0.05, 0) is 55.3 Å². The maximum atomic E-state index is 13.1. The molecule has 168 valence electrons. The average Bonchev–Trinajstić information content (AvgIpc) is 3.49. The van der Waals surface area contributed by atoms with Crippen molar-refractivity contribution in [1.29, 1.82) is 0 Å². The maximum Gasteiger partial charge on any atom is 0.291 e. The lowest BCUT2D eigenvalue weighted by atomic mass is 10.1. The molecule has 0 aliphatic carbocycles. The molecule has 33 heavy (non-hydrogen) atoms. The van der Waals surface area contributed by atoms with Gasteiger partial charge in [-0.15, -0.1) is 0 Å². The Morgan fingerprint density at radius 3 is 2.45 bits per heavy atom. The van der Waals surface area contributed by atoms with E-state index in [0.29, 0.717) is 34.2 Å². The standard InChI is InChI=1S/C25H24N4O4/c1-14(2)22-28-25(33-29-22)18-8-5-7-16(4)21(18)27-23(30)17-11-10-15(3)19(13-17)26-24(31)20-9-6-12-32-20/h5-14H,1-4H3,(H,26,31)(H,27,30). The van der Waals surface area contributed by atoms with Crippen LogP contribution in [0.15, 0.2) is 63.7 Å². The number of para-hydroxylation sites is 1. The molecule has 0 aliphatic heterocycles. The van der Waals surface area contributed by atoms with E-state index in [4.69, 9.17) is 8.94 Å². The highest BCUT2D eigenvalue weighted by Crippen LogP contribution is 2.31. The molecule has 0 radical (unpaired) electrons. The molecule has 0 bridgehead atoms. The lowest BCUT2D eigenvalue weighted by Crippen LogP contribution is -2.16. The average molecular weight is 444 g/mol. The third-order valence-corrected chi connectivity index (χ3v) is 5.19. The van der Waals surface area contributed by atoms with E-state index < -0.39 is 0 Å². The Bertz CT molecular complexity index is 1310. The van der Waals surface area contributed by atoms with Crippen LogP contribution in [0.2, 0.25) is 0 Å². The highest BCUT2D eigenvalue weighted by atomic mass is 16.5. The molecule has 0 aliphatic rings. The first-order valence-corrected chi connectivity index (χ1v) is 10.5. The number of carbonyl (C=O) groups is 2. The number of aryl methyl sites for hydroxylation is 2. The van der Waals surface area contributed by atoms with Crippen LogP contribution < -0.4 is 10.6 Å². The number of nitrogens with one attached hydrogen (secondary N) is 2.